The standard InChI is InChI=1S/C8H7BrN2O/c9-11-5-1-2-6-7(11)3-4-8(12)10-6/h1-4H,5H2,(H,10,12). The zero-order valence-electron chi connectivity index (χ0n) is 6.25. The summed E-state index contributed by atoms with van der Waals surface area (Å²) in [6, 6.07) is 3.32. The van der Waals surface area contributed by atoms with Crippen LogP contribution in [0.25, 0.3) is 6.08 Å². The fraction of sp³-hybridized carbons (Fsp3) is 0.125. The van der Waals surface area contributed by atoms with Crippen LogP contribution in [0, 0.1) is 0 Å². The van der Waals surface area contributed by atoms with Crippen molar-refractivity contribution in [2.45, 2.75) is 0 Å². The maximum Gasteiger partial charge on any atom is 0.248 e. The molecular formula is C8H7BrN2O. The molecule has 1 aromatic rings. The van der Waals surface area contributed by atoms with Crippen molar-refractivity contribution in [1.29, 1.82) is 0 Å². The van der Waals surface area contributed by atoms with Crippen LogP contribution in [0.15, 0.2) is 23.0 Å². The minimum absolute atomic E-state index is 0.0683. The van der Waals surface area contributed by atoms with Gasteiger partial charge in [0.2, 0.25) is 5.56 Å². The molecule has 62 valence electrons. The highest BCUT2D eigenvalue weighted by atomic mass is 79.9. The van der Waals surface area contributed by atoms with Crippen molar-refractivity contribution in [3.8, 4) is 0 Å². The molecule has 0 amide bonds. The van der Waals surface area contributed by atoms with Gasteiger partial charge in [-0.3, -0.25) is 4.79 Å². The Kier molecular flexibility index (Phi) is 1.77. The summed E-state index contributed by atoms with van der Waals surface area (Å²) in [5, 5.41) is 0. The highest BCUT2D eigenvalue weighted by Crippen LogP contribution is 2.24. The number of pyridine rings is 1. The van der Waals surface area contributed by atoms with Crippen molar-refractivity contribution in [3.05, 3.63) is 34.3 Å². The van der Waals surface area contributed by atoms with Crippen molar-refractivity contribution < 1.29 is 0 Å². The van der Waals surface area contributed by atoms with E-state index in [1.165, 1.54) is 6.07 Å². The first-order valence-electron chi connectivity index (χ1n) is 3.60. The van der Waals surface area contributed by atoms with E-state index >= 15 is 0 Å². The maximum atomic E-state index is 10.9. The Hall–Kier alpha value is -1.03. The van der Waals surface area contributed by atoms with Crippen LogP contribution in [-0.2, 0) is 0 Å². The Morgan fingerprint density at radius 2 is 2.33 bits per heavy atom. The van der Waals surface area contributed by atoms with Gasteiger partial charge in [-0.15, -0.1) is 0 Å². The molecule has 0 atom stereocenters. The Balaban J connectivity index is 2.62. The Morgan fingerprint density at radius 1 is 1.50 bits per heavy atom. The largest absolute Gasteiger partial charge is 0.321 e. The maximum absolute atomic E-state index is 10.9. The van der Waals surface area contributed by atoms with Gasteiger partial charge in [-0.2, -0.15) is 0 Å². The van der Waals surface area contributed by atoms with Crippen LogP contribution in [-0.4, -0.2) is 11.5 Å². The molecule has 2 heterocycles. The summed E-state index contributed by atoms with van der Waals surface area (Å²) in [6.45, 7) is 0.818. The molecule has 0 aromatic carbocycles. The van der Waals surface area contributed by atoms with E-state index in [0.29, 0.717) is 0 Å². The van der Waals surface area contributed by atoms with Crippen LogP contribution < -0.4 is 9.49 Å². The molecule has 0 saturated carbocycles. The van der Waals surface area contributed by atoms with E-state index in [2.05, 4.69) is 21.1 Å². The molecule has 1 N–H and O–H groups in total. The zero-order valence-corrected chi connectivity index (χ0v) is 7.84. The molecule has 1 aliphatic rings. The number of aromatic amines is 1. The fourth-order valence-corrected chi connectivity index (χ4v) is 1.66. The van der Waals surface area contributed by atoms with E-state index in [4.69, 9.17) is 0 Å². The Bertz CT molecular complexity index is 383. The van der Waals surface area contributed by atoms with Crippen molar-refractivity contribution in [3.63, 3.8) is 0 Å². The van der Waals surface area contributed by atoms with Gasteiger partial charge in [0.15, 0.2) is 0 Å². The molecule has 0 bridgehead atoms. The van der Waals surface area contributed by atoms with Gasteiger partial charge < -0.3 is 8.91 Å². The van der Waals surface area contributed by atoms with E-state index < -0.39 is 0 Å². The van der Waals surface area contributed by atoms with Gasteiger partial charge >= 0.3 is 0 Å². The SMILES string of the molecule is O=c1ccc2c([nH]1)C=CCN2Br. The van der Waals surface area contributed by atoms with Gasteiger partial charge in [0, 0.05) is 12.6 Å². The summed E-state index contributed by atoms with van der Waals surface area (Å²) < 4.78 is 1.90. The van der Waals surface area contributed by atoms with Crippen LogP contribution in [0.3, 0.4) is 0 Å². The van der Waals surface area contributed by atoms with Gasteiger partial charge in [-0.25, -0.2) is 0 Å². The van der Waals surface area contributed by atoms with Crippen molar-refractivity contribution in [1.82, 2.24) is 4.98 Å². The third-order valence-corrected chi connectivity index (χ3v) is 2.41. The first-order chi connectivity index (χ1) is 5.77. The number of hydrogen-bond donors (Lipinski definition) is 1. The summed E-state index contributed by atoms with van der Waals surface area (Å²) in [7, 11) is 0. The molecule has 0 saturated heterocycles. The summed E-state index contributed by atoms with van der Waals surface area (Å²) >= 11 is 3.37. The Morgan fingerprint density at radius 3 is 3.17 bits per heavy atom. The van der Waals surface area contributed by atoms with Gasteiger partial charge in [0.25, 0.3) is 0 Å². The smallest absolute Gasteiger partial charge is 0.248 e. The lowest BCUT2D eigenvalue weighted by molar-refractivity contribution is 1.13. The molecular weight excluding hydrogens is 220 g/mol. The third-order valence-electron chi connectivity index (χ3n) is 1.74. The van der Waals surface area contributed by atoms with E-state index in [-0.39, 0.29) is 5.56 Å². The number of halogens is 1. The lowest BCUT2D eigenvalue weighted by Gasteiger charge is -2.19. The number of rotatable bonds is 0. The second kappa shape index (κ2) is 2.79. The fourth-order valence-electron chi connectivity index (χ4n) is 1.18. The molecule has 4 heteroatoms. The molecule has 0 unspecified atom stereocenters. The minimum atomic E-state index is -0.0683. The lowest BCUT2D eigenvalue weighted by atomic mass is 10.2. The molecule has 1 aromatic heterocycles. The number of H-pyrrole nitrogens is 1. The lowest BCUT2D eigenvalue weighted by Crippen LogP contribution is -2.17. The van der Waals surface area contributed by atoms with Crippen LogP contribution in [0.4, 0.5) is 5.69 Å². The quantitative estimate of drug-likeness (QED) is 0.682. The normalized spacial score (nSPS) is 14.6. The molecule has 0 fully saturated rings. The second-order valence-corrected chi connectivity index (χ2v) is 3.42. The van der Waals surface area contributed by atoms with Crippen molar-refractivity contribution in [2.75, 3.05) is 10.5 Å². The van der Waals surface area contributed by atoms with Gasteiger partial charge in [-0.05, 0) is 12.1 Å². The average molecular weight is 227 g/mol. The second-order valence-electron chi connectivity index (χ2n) is 2.57. The predicted octanol–water partition coefficient (Wildman–Crippen LogP) is 1.52. The van der Waals surface area contributed by atoms with Crippen molar-refractivity contribution >= 4 is 27.9 Å². The van der Waals surface area contributed by atoms with Crippen LogP contribution in [0.5, 0.6) is 0 Å². The van der Waals surface area contributed by atoms with E-state index in [0.717, 1.165) is 17.9 Å². The van der Waals surface area contributed by atoms with E-state index in [9.17, 15) is 4.79 Å². The number of anilines is 1. The molecule has 2 rings (SSSR count). The Labute approximate surface area is 78.0 Å². The monoisotopic (exact) mass is 226 g/mol. The van der Waals surface area contributed by atoms with Gasteiger partial charge in [-0.1, -0.05) is 6.08 Å². The highest BCUT2D eigenvalue weighted by molar-refractivity contribution is 9.10. The number of aromatic nitrogens is 1. The average Bonchev–Trinajstić information content (AvgIpc) is 2.04. The molecule has 1 aliphatic heterocycles. The number of nitrogens with one attached hydrogen (secondary N) is 1. The molecule has 0 spiro atoms. The van der Waals surface area contributed by atoms with Crippen LogP contribution in [0.1, 0.15) is 5.69 Å². The molecule has 3 nitrogen and oxygen atoms in total. The van der Waals surface area contributed by atoms with Gasteiger partial charge in [0.05, 0.1) is 27.5 Å². The molecule has 0 aliphatic carbocycles. The highest BCUT2D eigenvalue weighted by Gasteiger charge is 2.09. The van der Waals surface area contributed by atoms with Gasteiger partial charge in [0.1, 0.15) is 0 Å². The third kappa shape index (κ3) is 1.18. The summed E-state index contributed by atoms with van der Waals surface area (Å²) in [5.74, 6) is 0. The minimum Gasteiger partial charge on any atom is -0.321 e. The van der Waals surface area contributed by atoms with Crippen LogP contribution in [0.2, 0.25) is 0 Å². The first kappa shape index (κ1) is 7.61. The zero-order chi connectivity index (χ0) is 8.55. The summed E-state index contributed by atoms with van der Waals surface area (Å²) in [4.78, 5) is 13.7. The number of hydrogen-bond acceptors (Lipinski definition) is 2. The first-order valence-corrected chi connectivity index (χ1v) is 4.31. The van der Waals surface area contributed by atoms with Crippen LogP contribution >= 0.6 is 16.1 Å². The topological polar surface area (TPSA) is 36.1 Å². The van der Waals surface area contributed by atoms with E-state index in [1.807, 2.05) is 16.1 Å². The number of fused-ring (bicyclic) bond motifs is 1. The van der Waals surface area contributed by atoms with E-state index in [1.54, 1.807) is 6.07 Å². The summed E-state index contributed by atoms with van der Waals surface area (Å²) in [6.07, 6.45) is 3.89. The number of nitrogens with zero attached hydrogens (tertiary/aromatic N) is 1. The molecule has 12 heavy (non-hydrogen) atoms. The van der Waals surface area contributed by atoms with Crippen molar-refractivity contribution in [2.24, 2.45) is 0 Å². The molecule has 0 radical (unpaired) electrons. The summed E-state index contributed by atoms with van der Waals surface area (Å²) in [5.41, 5.74) is 1.78. The predicted molar refractivity (Wildman–Crippen MR) is 52.4 cm³/mol.